The van der Waals surface area contributed by atoms with Crippen LogP contribution in [-0.2, 0) is 9.53 Å². The van der Waals surface area contributed by atoms with Crippen LogP contribution in [0.15, 0.2) is 0 Å². The third-order valence-corrected chi connectivity index (χ3v) is 1.15. The number of carbonyl (C=O) groups excluding carboxylic acids is 1. The van der Waals surface area contributed by atoms with E-state index in [1.54, 1.807) is 0 Å². The van der Waals surface area contributed by atoms with E-state index in [1.165, 1.54) is 6.92 Å². The van der Waals surface area contributed by atoms with Crippen molar-refractivity contribution in [3.05, 3.63) is 0 Å². The molecule has 0 spiro atoms. The maximum absolute atomic E-state index is 11.4. The molecule has 0 saturated heterocycles. The van der Waals surface area contributed by atoms with Crippen LogP contribution >= 0.6 is 11.2 Å². The SMILES string of the molecule is CCOC(=O)CS(F)(F)F. The van der Waals surface area contributed by atoms with Gasteiger partial charge in [0.1, 0.15) is 0 Å². The lowest BCUT2D eigenvalue weighted by Crippen LogP contribution is -2.09. The molecule has 0 radical (unpaired) electrons. The van der Waals surface area contributed by atoms with Crippen LogP contribution in [0.2, 0.25) is 0 Å². The molecule has 0 unspecified atom stereocenters. The minimum absolute atomic E-state index is 0.00560. The molecule has 0 fully saturated rings. The third kappa shape index (κ3) is 5.74. The Labute approximate surface area is 58.6 Å². The summed E-state index contributed by atoms with van der Waals surface area (Å²) in [7, 11) is 0. The summed E-state index contributed by atoms with van der Waals surface area (Å²) in [6, 6.07) is 0. The quantitative estimate of drug-likeness (QED) is 0.615. The van der Waals surface area contributed by atoms with E-state index in [4.69, 9.17) is 0 Å². The number of ether oxygens (including phenoxy) is 1. The zero-order chi connectivity index (χ0) is 8.20. The fourth-order valence-corrected chi connectivity index (χ4v) is 0.687. The van der Waals surface area contributed by atoms with Gasteiger partial charge in [-0.05, 0) is 6.92 Å². The molecule has 0 aromatic carbocycles. The van der Waals surface area contributed by atoms with Gasteiger partial charge in [0.05, 0.1) is 6.61 Å². The summed E-state index contributed by atoms with van der Waals surface area (Å²) in [5.41, 5.74) is 0. The Hall–Kier alpha value is -0.390. The average Bonchev–Trinajstić information content (AvgIpc) is 1.59. The van der Waals surface area contributed by atoms with E-state index in [1.807, 2.05) is 0 Å². The molecule has 0 bridgehead atoms. The van der Waals surface area contributed by atoms with Crippen LogP contribution in [0, 0.1) is 0 Å². The van der Waals surface area contributed by atoms with Gasteiger partial charge in [-0.1, -0.05) is 0 Å². The van der Waals surface area contributed by atoms with Crippen molar-refractivity contribution in [2.45, 2.75) is 6.92 Å². The van der Waals surface area contributed by atoms with Crippen molar-refractivity contribution < 1.29 is 21.2 Å². The number of hydrogen-bond donors (Lipinski definition) is 0. The molecule has 0 saturated carbocycles. The lowest BCUT2D eigenvalue weighted by atomic mass is 10.8. The van der Waals surface area contributed by atoms with Crippen molar-refractivity contribution in [2.75, 3.05) is 12.4 Å². The Bertz CT molecular complexity index is 122. The highest BCUT2D eigenvalue weighted by atomic mass is 32.3. The second kappa shape index (κ2) is 3.70. The first-order chi connectivity index (χ1) is 4.45. The average molecular weight is 176 g/mol. The molecular weight excluding hydrogens is 169 g/mol. The molecule has 6 heteroatoms. The fourth-order valence-electron chi connectivity index (χ4n) is 0.336. The van der Waals surface area contributed by atoms with E-state index >= 15 is 0 Å². The summed E-state index contributed by atoms with van der Waals surface area (Å²) in [4.78, 5) is 10.1. The molecule has 0 rings (SSSR count). The molecule has 62 valence electrons. The van der Waals surface area contributed by atoms with Crippen molar-refractivity contribution in [3.63, 3.8) is 0 Å². The van der Waals surface area contributed by atoms with E-state index in [-0.39, 0.29) is 6.61 Å². The minimum Gasteiger partial charge on any atom is -0.465 e. The van der Waals surface area contributed by atoms with E-state index < -0.39 is 22.9 Å². The van der Waals surface area contributed by atoms with Crippen molar-refractivity contribution >= 4 is 17.2 Å². The lowest BCUT2D eigenvalue weighted by molar-refractivity contribution is -0.140. The summed E-state index contributed by atoms with van der Waals surface area (Å²) in [5.74, 6) is -2.61. The Morgan fingerprint density at radius 3 is 2.30 bits per heavy atom. The summed E-state index contributed by atoms with van der Waals surface area (Å²) < 4.78 is 38.3. The Morgan fingerprint density at radius 1 is 1.50 bits per heavy atom. The zero-order valence-corrected chi connectivity index (χ0v) is 6.09. The summed E-state index contributed by atoms with van der Waals surface area (Å²) in [6.07, 6.45) is 0. The van der Waals surface area contributed by atoms with Gasteiger partial charge in [-0.3, -0.25) is 4.79 Å². The molecule has 2 nitrogen and oxygen atoms in total. The Balaban J connectivity index is 3.58. The lowest BCUT2D eigenvalue weighted by Gasteiger charge is -2.07. The standard InChI is InChI=1S/C4H7F3O2S/c1-2-9-4(8)3-10(5,6)7/h2-3H2,1H3. The molecule has 0 atom stereocenters. The van der Waals surface area contributed by atoms with E-state index in [9.17, 15) is 16.5 Å². The predicted octanol–water partition coefficient (Wildman–Crippen LogP) is 2.01. The van der Waals surface area contributed by atoms with Crippen molar-refractivity contribution in [3.8, 4) is 0 Å². The van der Waals surface area contributed by atoms with Gasteiger partial charge < -0.3 is 4.74 Å². The number of esters is 1. The number of carbonyl (C=O) groups is 1. The van der Waals surface area contributed by atoms with Crippen LogP contribution in [0.5, 0.6) is 0 Å². The van der Waals surface area contributed by atoms with E-state index in [0.717, 1.165) is 0 Å². The van der Waals surface area contributed by atoms with Crippen molar-refractivity contribution in [1.82, 2.24) is 0 Å². The maximum Gasteiger partial charge on any atom is 0.321 e. The Morgan fingerprint density at radius 2 is 2.00 bits per heavy atom. The zero-order valence-electron chi connectivity index (χ0n) is 5.27. The molecule has 0 aromatic rings. The largest absolute Gasteiger partial charge is 0.465 e. The number of halogens is 3. The first kappa shape index (κ1) is 9.61. The summed E-state index contributed by atoms with van der Waals surface area (Å²) in [6.45, 7) is 1.46. The van der Waals surface area contributed by atoms with Gasteiger partial charge in [0, 0.05) is 0 Å². The van der Waals surface area contributed by atoms with Crippen LogP contribution in [-0.4, -0.2) is 18.3 Å². The highest BCUT2D eigenvalue weighted by molar-refractivity contribution is 8.21. The van der Waals surface area contributed by atoms with Gasteiger partial charge in [-0.25, -0.2) is 0 Å². The molecule has 0 heterocycles. The monoisotopic (exact) mass is 176 g/mol. The Kier molecular flexibility index (Phi) is 3.55. The number of hydrogen-bond acceptors (Lipinski definition) is 2. The molecule has 0 aliphatic rings. The van der Waals surface area contributed by atoms with Crippen LogP contribution in [0.4, 0.5) is 11.7 Å². The van der Waals surface area contributed by atoms with Crippen LogP contribution in [0.1, 0.15) is 6.92 Å². The highest BCUT2D eigenvalue weighted by Gasteiger charge is 2.26. The van der Waals surface area contributed by atoms with E-state index in [0.29, 0.717) is 0 Å². The van der Waals surface area contributed by atoms with E-state index in [2.05, 4.69) is 4.74 Å². The summed E-state index contributed by atoms with van der Waals surface area (Å²) in [5, 5.41) is 0. The maximum atomic E-state index is 11.4. The fraction of sp³-hybridized carbons (Fsp3) is 0.750. The second-order valence-corrected chi connectivity index (χ2v) is 2.74. The topological polar surface area (TPSA) is 26.3 Å². The van der Waals surface area contributed by atoms with Gasteiger partial charge in [0.15, 0.2) is 5.75 Å². The third-order valence-electron chi connectivity index (χ3n) is 0.587. The van der Waals surface area contributed by atoms with Crippen LogP contribution < -0.4 is 0 Å². The molecule has 0 amide bonds. The first-order valence-corrected chi connectivity index (χ1v) is 4.01. The van der Waals surface area contributed by atoms with Crippen molar-refractivity contribution in [1.29, 1.82) is 0 Å². The van der Waals surface area contributed by atoms with Gasteiger partial charge in [0.25, 0.3) is 0 Å². The first-order valence-electron chi connectivity index (χ1n) is 2.51. The van der Waals surface area contributed by atoms with Crippen LogP contribution in [0.3, 0.4) is 0 Å². The molecule has 10 heavy (non-hydrogen) atoms. The van der Waals surface area contributed by atoms with Gasteiger partial charge in [0.2, 0.25) is 11.2 Å². The summed E-state index contributed by atoms with van der Waals surface area (Å²) >= 11 is -5.22. The van der Waals surface area contributed by atoms with Gasteiger partial charge in [-0.15, -0.1) is 11.7 Å². The molecule has 0 N–H and O–H groups in total. The molecular formula is C4H7F3O2S. The molecule has 0 aromatic heterocycles. The second-order valence-electron chi connectivity index (χ2n) is 1.45. The van der Waals surface area contributed by atoms with Crippen molar-refractivity contribution in [2.24, 2.45) is 0 Å². The predicted molar refractivity (Wildman–Crippen MR) is 32.4 cm³/mol. The smallest absolute Gasteiger partial charge is 0.321 e. The highest BCUT2D eigenvalue weighted by Crippen LogP contribution is 2.52. The van der Waals surface area contributed by atoms with Crippen LogP contribution in [0.25, 0.3) is 0 Å². The molecule has 0 aliphatic heterocycles. The van der Waals surface area contributed by atoms with Gasteiger partial charge in [-0.2, -0.15) is 0 Å². The minimum atomic E-state index is -5.22. The normalized spacial score (nSPS) is 12.8. The molecule has 0 aliphatic carbocycles. The van der Waals surface area contributed by atoms with Gasteiger partial charge >= 0.3 is 5.97 Å². The number of rotatable bonds is 3.